The van der Waals surface area contributed by atoms with E-state index in [1.807, 2.05) is 0 Å². The molecule has 0 radical (unpaired) electrons. The molecule has 0 N–H and O–H groups in total. The van der Waals surface area contributed by atoms with Crippen molar-refractivity contribution in [3.63, 3.8) is 0 Å². The van der Waals surface area contributed by atoms with Gasteiger partial charge in [0.15, 0.2) is 0 Å². The fourth-order valence-electron chi connectivity index (χ4n) is 4.15. The molecular weight excluding hydrogens is 368 g/mol. The summed E-state index contributed by atoms with van der Waals surface area (Å²) in [4.78, 5) is 46.5. The van der Waals surface area contributed by atoms with E-state index in [2.05, 4.69) is 0 Å². The Bertz CT molecular complexity index is 523. The standard InChI is InChI=1S/C20H30O8/c21-17(22)13-7-1-3-9-15(13)19(25)27-11-5-6-12-28-20(26)16-10-4-2-8-14(16)18(23)24/h13-16H,1-12H2,(H,21,22)(H,23,24)/p-2/t13-,14-,15-,16+/m0/s1. The Morgan fingerprint density at radius 3 is 1.25 bits per heavy atom. The summed E-state index contributed by atoms with van der Waals surface area (Å²) in [6.07, 6.45) is 5.94. The van der Waals surface area contributed by atoms with Gasteiger partial charge in [-0.3, -0.25) is 9.59 Å². The largest absolute Gasteiger partial charge is 0.550 e. The SMILES string of the molecule is O=C([O-])[C@H]1CCCC[C@@H]1C(=O)OCCCCOC(=O)[C@@H]1CCCC[C@@H]1C(=O)[O-]. The van der Waals surface area contributed by atoms with Crippen molar-refractivity contribution in [2.75, 3.05) is 13.2 Å². The van der Waals surface area contributed by atoms with Crippen LogP contribution in [0.15, 0.2) is 0 Å². The van der Waals surface area contributed by atoms with Crippen molar-refractivity contribution in [2.24, 2.45) is 23.7 Å². The zero-order chi connectivity index (χ0) is 20.5. The third-order valence-corrected chi connectivity index (χ3v) is 5.77. The van der Waals surface area contributed by atoms with Crippen molar-refractivity contribution in [1.29, 1.82) is 0 Å². The number of carboxylic acid groups (broad SMARTS) is 2. The summed E-state index contributed by atoms with van der Waals surface area (Å²) < 4.78 is 10.4. The van der Waals surface area contributed by atoms with Crippen LogP contribution in [0.4, 0.5) is 0 Å². The summed E-state index contributed by atoms with van der Waals surface area (Å²) in [6, 6.07) is 0. The van der Waals surface area contributed by atoms with Crippen molar-refractivity contribution >= 4 is 23.9 Å². The van der Waals surface area contributed by atoms with Gasteiger partial charge < -0.3 is 29.3 Å². The lowest BCUT2D eigenvalue weighted by atomic mass is 9.79. The van der Waals surface area contributed by atoms with Crippen LogP contribution in [0.2, 0.25) is 0 Å². The van der Waals surface area contributed by atoms with E-state index in [9.17, 15) is 29.4 Å². The van der Waals surface area contributed by atoms with E-state index >= 15 is 0 Å². The number of esters is 2. The number of carbonyl (C=O) groups is 4. The Balaban J connectivity index is 1.63. The molecule has 28 heavy (non-hydrogen) atoms. The van der Waals surface area contributed by atoms with Crippen molar-refractivity contribution in [3.8, 4) is 0 Å². The second-order valence-electron chi connectivity index (χ2n) is 7.68. The molecule has 0 bridgehead atoms. The van der Waals surface area contributed by atoms with Crippen molar-refractivity contribution in [1.82, 2.24) is 0 Å². The highest BCUT2D eigenvalue weighted by molar-refractivity contribution is 5.81. The third-order valence-electron chi connectivity index (χ3n) is 5.77. The van der Waals surface area contributed by atoms with Crippen LogP contribution < -0.4 is 10.2 Å². The summed E-state index contributed by atoms with van der Waals surface area (Å²) in [7, 11) is 0. The van der Waals surface area contributed by atoms with Gasteiger partial charge in [-0.2, -0.15) is 0 Å². The molecule has 2 fully saturated rings. The fourth-order valence-corrected chi connectivity index (χ4v) is 4.15. The number of rotatable bonds is 9. The minimum atomic E-state index is -1.20. The molecule has 158 valence electrons. The van der Waals surface area contributed by atoms with Gasteiger partial charge in [-0.05, 0) is 38.5 Å². The van der Waals surface area contributed by atoms with Gasteiger partial charge in [0.25, 0.3) is 0 Å². The van der Waals surface area contributed by atoms with Crippen LogP contribution in [0, 0.1) is 23.7 Å². The van der Waals surface area contributed by atoms with Crippen LogP contribution >= 0.6 is 0 Å². The van der Waals surface area contributed by atoms with Crippen LogP contribution in [-0.2, 0) is 28.7 Å². The quantitative estimate of drug-likeness (QED) is 0.392. The van der Waals surface area contributed by atoms with Crippen LogP contribution in [0.25, 0.3) is 0 Å². The molecule has 0 aromatic carbocycles. The second kappa shape index (κ2) is 11.0. The first-order valence-corrected chi connectivity index (χ1v) is 10.2. The number of hydrogen-bond donors (Lipinski definition) is 0. The molecule has 0 aliphatic heterocycles. The molecule has 4 atom stereocenters. The van der Waals surface area contributed by atoms with E-state index in [1.54, 1.807) is 0 Å². The highest BCUT2D eigenvalue weighted by Crippen LogP contribution is 2.31. The average Bonchev–Trinajstić information content (AvgIpc) is 2.70. The number of unbranched alkanes of at least 4 members (excludes halogenated alkanes) is 1. The van der Waals surface area contributed by atoms with Gasteiger partial charge in [0.05, 0.1) is 25.0 Å². The highest BCUT2D eigenvalue weighted by Gasteiger charge is 2.34. The molecule has 0 heterocycles. The molecule has 0 aromatic heterocycles. The Labute approximate surface area is 164 Å². The molecule has 0 saturated heterocycles. The van der Waals surface area contributed by atoms with Gasteiger partial charge in [-0.25, -0.2) is 0 Å². The first kappa shape index (κ1) is 22.2. The van der Waals surface area contributed by atoms with E-state index in [0.717, 1.165) is 25.7 Å². The van der Waals surface area contributed by atoms with E-state index in [0.29, 0.717) is 38.5 Å². The first-order chi connectivity index (χ1) is 13.4. The predicted molar refractivity (Wildman–Crippen MR) is 92.1 cm³/mol. The summed E-state index contributed by atoms with van der Waals surface area (Å²) >= 11 is 0. The van der Waals surface area contributed by atoms with Crippen molar-refractivity contribution in [2.45, 2.75) is 64.2 Å². The smallest absolute Gasteiger partial charge is 0.309 e. The lowest BCUT2D eigenvalue weighted by molar-refractivity contribution is -0.315. The molecule has 8 heteroatoms. The topological polar surface area (TPSA) is 133 Å². The van der Waals surface area contributed by atoms with Gasteiger partial charge in [-0.15, -0.1) is 0 Å². The average molecular weight is 396 g/mol. The molecule has 2 aliphatic carbocycles. The second-order valence-corrected chi connectivity index (χ2v) is 7.68. The number of carbonyl (C=O) groups excluding carboxylic acids is 4. The van der Waals surface area contributed by atoms with Gasteiger partial charge in [0, 0.05) is 23.8 Å². The molecule has 0 unspecified atom stereocenters. The van der Waals surface area contributed by atoms with E-state index < -0.39 is 47.5 Å². The van der Waals surface area contributed by atoms with Gasteiger partial charge in [0.1, 0.15) is 0 Å². The predicted octanol–water partition coefficient (Wildman–Crippen LogP) is -0.0344. The maximum Gasteiger partial charge on any atom is 0.309 e. The Morgan fingerprint density at radius 2 is 0.929 bits per heavy atom. The van der Waals surface area contributed by atoms with Gasteiger partial charge in [-0.1, -0.05) is 25.7 Å². The maximum absolute atomic E-state index is 12.1. The monoisotopic (exact) mass is 396 g/mol. The van der Waals surface area contributed by atoms with E-state index in [4.69, 9.17) is 9.47 Å². The van der Waals surface area contributed by atoms with Crippen LogP contribution in [0.3, 0.4) is 0 Å². The van der Waals surface area contributed by atoms with Crippen molar-refractivity contribution in [3.05, 3.63) is 0 Å². The third kappa shape index (κ3) is 6.21. The Hall–Kier alpha value is -2.12. The van der Waals surface area contributed by atoms with Crippen molar-refractivity contribution < 1.29 is 38.9 Å². The number of ether oxygens (including phenoxy) is 2. The number of hydrogen-bond acceptors (Lipinski definition) is 8. The zero-order valence-corrected chi connectivity index (χ0v) is 16.1. The summed E-state index contributed by atoms with van der Waals surface area (Å²) in [5.41, 5.74) is 0. The molecule has 2 aliphatic rings. The molecule has 0 aromatic rings. The fraction of sp³-hybridized carbons (Fsp3) is 0.800. The molecule has 0 amide bonds. The highest BCUT2D eigenvalue weighted by atomic mass is 16.5. The van der Waals surface area contributed by atoms with Crippen LogP contribution in [0.1, 0.15) is 64.2 Å². The molecule has 0 spiro atoms. The maximum atomic E-state index is 12.1. The van der Waals surface area contributed by atoms with Gasteiger partial charge in [0.2, 0.25) is 0 Å². The lowest BCUT2D eigenvalue weighted by Gasteiger charge is -2.30. The lowest BCUT2D eigenvalue weighted by Crippen LogP contribution is -2.41. The molecule has 2 saturated carbocycles. The van der Waals surface area contributed by atoms with Crippen LogP contribution in [-0.4, -0.2) is 37.1 Å². The summed E-state index contributed by atoms with van der Waals surface area (Å²) in [5.74, 6) is -6.29. The minimum absolute atomic E-state index is 0.123. The normalized spacial score (nSPS) is 27.6. The zero-order valence-electron chi connectivity index (χ0n) is 16.1. The first-order valence-electron chi connectivity index (χ1n) is 10.2. The number of carboxylic acids is 2. The molecule has 2 rings (SSSR count). The Morgan fingerprint density at radius 1 is 0.607 bits per heavy atom. The minimum Gasteiger partial charge on any atom is -0.550 e. The van der Waals surface area contributed by atoms with E-state index in [1.165, 1.54) is 0 Å². The Kier molecular flexibility index (Phi) is 8.73. The van der Waals surface area contributed by atoms with E-state index in [-0.39, 0.29) is 13.2 Å². The summed E-state index contributed by atoms with van der Waals surface area (Å²) in [6.45, 7) is 0.246. The van der Waals surface area contributed by atoms with Gasteiger partial charge >= 0.3 is 11.9 Å². The molecule has 8 nitrogen and oxygen atoms in total. The summed E-state index contributed by atoms with van der Waals surface area (Å²) in [5, 5.41) is 22.3. The van der Waals surface area contributed by atoms with Crippen LogP contribution in [0.5, 0.6) is 0 Å². The molecular formula is C20H28O8-2. The number of aliphatic carboxylic acids is 2.